The predicted octanol–water partition coefficient (Wildman–Crippen LogP) is 4.44. The van der Waals surface area contributed by atoms with E-state index in [1.54, 1.807) is 0 Å². The number of nitrogens with one attached hydrogen (secondary N) is 2. The van der Waals surface area contributed by atoms with Gasteiger partial charge in [0.05, 0.1) is 29.9 Å². The zero-order chi connectivity index (χ0) is 21.6. The molecule has 0 spiro atoms. The molecule has 1 amide bonds. The van der Waals surface area contributed by atoms with Gasteiger partial charge in [-0.3, -0.25) is 10.1 Å². The lowest BCUT2D eigenvalue weighted by Gasteiger charge is -2.20. The van der Waals surface area contributed by atoms with E-state index in [4.69, 9.17) is 9.72 Å². The third-order valence-electron chi connectivity index (χ3n) is 5.18. The van der Waals surface area contributed by atoms with Crippen LogP contribution in [0.2, 0.25) is 0 Å². The van der Waals surface area contributed by atoms with Gasteiger partial charge in [0.25, 0.3) is 0 Å². The Balaban J connectivity index is 1.57. The summed E-state index contributed by atoms with van der Waals surface area (Å²) in [5.74, 6) is 1.36. The summed E-state index contributed by atoms with van der Waals surface area (Å²) in [7, 11) is 1.99. The average Bonchev–Trinajstić information content (AvgIpc) is 3.12. The Kier molecular flexibility index (Phi) is 6.29. The van der Waals surface area contributed by atoms with Crippen LogP contribution in [0, 0.1) is 0 Å². The average molecular weight is 415 g/mol. The van der Waals surface area contributed by atoms with Crippen LogP contribution in [-0.2, 0) is 18.4 Å². The molecular weight excluding hydrogens is 388 g/mol. The fraction of sp³-hybridized carbons (Fsp3) is 0.200. The fourth-order valence-corrected chi connectivity index (χ4v) is 3.61. The quantitative estimate of drug-likeness (QED) is 0.447. The SMILES string of the molecule is CCOc1ccccc1NC(=O)C(NCc1nc2ccccc2n1C)c1ccccc1. The Morgan fingerprint density at radius 2 is 1.71 bits per heavy atom. The molecular formula is C25H26N4O2. The standard InChI is InChI=1S/C25H26N4O2/c1-3-31-22-16-10-8-14-20(22)28-25(30)24(18-11-5-4-6-12-18)26-17-23-27-19-13-7-9-15-21(19)29(23)2/h4-16,24,26H,3,17H2,1-2H3,(H,28,30). The first-order valence-electron chi connectivity index (χ1n) is 10.4. The molecule has 1 unspecified atom stereocenters. The molecule has 3 aromatic carbocycles. The van der Waals surface area contributed by atoms with Crippen molar-refractivity contribution in [3.63, 3.8) is 0 Å². The van der Waals surface area contributed by atoms with E-state index in [2.05, 4.69) is 10.6 Å². The Morgan fingerprint density at radius 1 is 1.00 bits per heavy atom. The summed E-state index contributed by atoms with van der Waals surface area (Å²) in [6, 6.07) is 24.6. The molecule has 0 radical (unpaired) electrons. The van der Waals surface area contributed by atoms with Gasteiger partial charge in [0, 0.05) is 7.05 Å². The van der Waals surface area contributed by atoms with E-state index in [0.29, 0.717) is 24.6 Å². The molecule has 0 bridgehead atoms. The van der Waals surface area contributed by atoms with Crippen molar-refractivity contribution in [3.8, 4) is 5.75 Å². The second kappa shape index (κ2) is 9.45. The number of fused-ring (bicyclic) bond motifs is 1. The molecule has 0 aliphatic rings. The number of para-hydroxylation sites is 4. The topological polar surface area (TPSA) is 68.2 Å². The molecule has 6 nitrogen and oxygen atoms in total. The number of hydrogen-bond acceptors (Lipinski definition) is 4. The normalized spacial score (nSPS) is 11.9. The number of carbonyl (C=O) groups excluding carboxylic acids is 1. The molecule has 4 rings (SSSR count). The maximum atomic E-state index is 13.3. The molecule has 1 aromatic heterocycles. The predicted molar refractivity (Wildman–Crippen MR) is 123 cm³/mol. The molecule has 1 heterocycles. The minimum absolute atomic E-state index is 0.155. The van der Waals surface area contributed by atoms with Gasteiger partial charge >= 0.3 is 0 Å². The number of imidazole rings is 1. The van der Waals surface area contributed by atoms with Gasteiger partial charge in [0.1, 0.15) is 17.6 Å². The van der Waals surface area contributed by atoms with E-state index in [9.17, 15) is 4.79 Å². The van der Waals surface area contributed by atoms with Crippen LogP contribution >= 0.6 is 0 Å². The van der Waals surface area contributed by atoms with Crippen LogP contribution in [-0.4, -0.2) is 22.1 Å². The molecule has 1 atom stereocenters. The van der Waals surface area contributed by atoms with E-state index in [0.717, 1.165) is 22.4 Å². The van der Waals surface area contributed by atoms with Crippen LogP contribution in [0.15, 0.2) is 78.9 Å². The van der Waals surface area contributed by atoms with Crippen LogP contribution in [0.1, 0.15) is 24.4 Å². The van der Waals surface area contributed by atoms with Crippen molar-refractivity contribution in [1.29, 1.82) is 0 Å². The molecule has 6 heteroatoms. The smallest absolute Gasteiger partial charge is 0.246 e. The Morgan fingerprint density at radius 3 is 2.48 bits per heavy atom. The van der Waals surface area contributed by atoms with E-state index < -0.39 is 6.04 Å². The zero-order valence-corrected chi connectivity index (χ0v) is 17.7. The van der Waals surface area contributed by atoms with Gasteiger partial charge in [-0.05, 0) is 36.8 Å². The van der Waals surface area contributed by atoms with Crippen LogP contribution < -0.4 is 15.4 Å². The van der Waals surface area contributed by atoms with Gasteiger partial charge in [-0.2, -0.15) is 0 Å². The maximum absolute atomic E-state index is 13.3. The lowest BCUT2D eigenvalue weighted by atomic mass is 10.1. The van der Waals surface area contributed by atoms with E-state index in [-0.39, 0.29) is 5.91 Å². The number of ether oxygens (including phenoxy) is 1. The summed E-state index contributed by atoms with van der Waals surface area (Å²) in [5, 5.41) is 6.41. The zero-order valence-electron chi connectivity index (χ0n) is 17.7. The molecule has 0 fully saturated rings. The molecule has 158 valence electrons. The number of aromatic nitrogens is 2. The summed E-state index contributed by atoms with van der Waals surface area (Å²) < 4.78 is 7.70. The lowest BCUT2D eigenvalue weighted by molar-refractivity contribution is -0.118. The number of rotatable bonds is 8. The van der Waals surface area contributed by atoms with Crippen molar-refractivity contribution in [2.24, 2.45) is 7.05 Å². The number of aryl methyl sites for hydroxylation is 1. The molecule has 4 aromatic rings. The minimum atomic E-state index is -0.546. The van der Waals surface area contributed by atoms with Gasteiger partial charge in [-0.15, -0.1) is 0 Å². The summed E-state index contributed by atoms with van der Waals surface area (Å²) in [4.78, 5) is 18.0. The number of anilines is 1. The Labute approximate surface area is 181 Å². The summed E-state index contributed by atoms with van der Waals surface area (Å²) in [6.07, 6.45) is 0. The summed E-state index contributed by atoms with van der Waals surface area (Å²) >= 11 is 0. The molecule has 0 saturated heterocycles. The van der Waals surface area contributed by atoms with Gasteiger partial charge in [0.15, 0.2) is 0 Å². The van der Waals surface area contributed by atoms with Crippen molar-refractivity contribution in [2.45, 2.75) is 19.5 Å². The van der Waals surface area contributed by atoms with Crippen LogP contribution in [0.3, 0.4) is 0 Å². The molecule has 0 aliphatic carbocycles. The summed E-state index contributed by atoms with van der Waals surface area (Å²) in [5.41, 5.74) is 3.53. The fourth-order valence-electron chi connectivity index (χ4n) is 3.61. The highest BCUT2D eigenvalue weighted by molar-refractivity contribution is 5.96. The third-order valence-corrected chi connectivity index (χ3v) is 5.18. The third kappa shape index (κ3) is 4.59. The molecule has 0 aliphatic heterocycles. The second-order valence-corrected chi connectivity index (χ2v) is 7.22. The first-order valence-corrected chi connectivity index (χ1v) is 10.4. The molecule has 31 heavy (non-hydrogen) atoms. The number of carbonyl (C=O) groups is 1. The molecule has 0 saturated carbocycles. The lowest BCUT2D eigenvalue weighted by Crippen LogP contribution is -2.33. The van der Waals surface area contributed by atoms with Crippen LogP contribution in [0.25, 0.3) is 11.0 Å². The van der Waals surface area contributed by atoms with Crippen molar-refractivity contribution in [2.75, 3.05) is 11.9 Å². The largest absolute Gasteiger partial charge is 0.492 e. The van der Waals surface area contributed by atoms with E-state index in [1.165, 1.54) is 0 Å². The van der Waals surface area contributed by atoms with Crippen molar-refractivity contribution < 1.29 is 9.53 Å². The first kappa shape index (κ1) is 20.6. The van der Waals surface area contributed by atoms with Crippen molar-refractivity contribution in [3.05, 3.63) is 90.3 Å². The van der Waals surface area contributed by atoms with Gasteiger partial charge in [0.2, 0.25) is 5.91 Å². The maximum Gasteiger partial charge on any atom is 0.246 e. The van der Waals surface area contributed by atoms with Crippen molar-refractivity contribution >= 4 is 22.6 Å². The Hall–Kier alpha value is -3.64. The van der Waals surface area contributed by atoms with Crippen LogP contribution in [0.4, 0.5) is 5.69 Å². The highest BCUT2D eigenvalue weighted by Gasteiger charge is 2.22. The minimum Gasteiger partial charge on any atom is -0.492 e. The number of amides is 1. The molecule has 2 N–H and O–H groups in total. The monoisotopic (exact) mass is 414 g/mol. The van der Waals surface area contributed by atoms with Crippen molar-refractivity contribution in [1.82, 2.24) is 14.9 Å². The highest BCUT2D eigenvalue weighted by Crippen LogP contribution is 2.25. The first-order chi connectivity index (χ1) is 15.2. The second-order valence-electron chi connectivity index (χ2n) is 7.22. The Bertz CT molecular complexity index is 1170. The van der Waals surface area contributed by atoms with Gasteiger partial charge in [-0.25, -0.2) is 4.98 Å². The van der Waals surface area contributed by atoms with Crippen LogP contribution in [0.5, 0.6) is 5.75 Å². The van der Waals surface area contributed by atoms with Gasteiger partial charge in [-0.1, -0.05) is 54.6 Å². The number of benzene rings is 3. The summed E-state index contributed by atoms with van der Waals surface area (Å²) in [6.45, 7) is 2.90. The number of hydrogen-bond donors (Lipinski definition) is 2. The van der Waals surface area contributed by atoms with E-state index >= 15 is 0 Å². The van der Waals surface area contributed by atoms with Gasteiger partial charge < -0.3 is 14.6 Å². The number of nitrogens with zero attached hydrogens (tertiary/aromatic N) is 2. The highest BCUT2D eigenvalue weighted by atomic mass is 16.5. The van der Waals surface area contributed by atoms with E-state index in [1.807, 2.05) is 97.4 Å².